The highest BCUT2D eigenvalue weighted by Gasteiger charge is 2.17. The molecule has 1 saturated heterocycles. The van der Waals surface area contributed by atoms with Crippen LogP contribution in [0.2, 0.25) is 0 Å². The summed E-state index contributed by atoms with van der Waals surface area (Å²) in [6, 6.07) is 13.9. The van der Waals surface area contributed by atoms with Crippen LogP contribution >= 0.6 is 0 Å². The molecule has 178 valence electrons. The third kappa shape index (κ3) is 4.93. The molecule has 1 fully saturated rings. The molecule has 0 atom stereocenters. The quantitative estimate of drug-likeness (QED) is 0.542. The van der Waals surface area contributed by atoms with E-state index in [2.05, 4.69) is 28.4 Å². The Morgan fingerprint density at radius 3 is 2.35 bits per heavy atom. The summed E-state index contributed by atoms with van der Waals surface area (Å²) in [7, 11) is 0. The Kier molecular flexibility index (Phi) is 6.79. The molecule has 2 heterocycles. The Balaban J connectivity index is 1.38. The first-order valence-corrected chi connectivity index (χ1v) is 12.6. The van der Waals surface area contributed by atoms with Gasteiger partial charge in [0.2, 0.25) is 5.91 Å². The molecule has 6 nitrogen and oxygen atoms in total. The number of primary amides is 1. The van der Waals surface area contributed by atoms with Gasteiger partial charge in [0.05, 0.1) is 5.52 Å². The topological polar surface area (TPSA) is 80.4 Å². The van der Waals surface area contributed by atoms with Gasteiger partial charge in [-0.1, -0.05) is 18.6 Å². The lowest BCUT2D eigenvalue weighted by atomic mass is 10.0. The second-order valence-corrected chi connectivity index (χ2v) is 9.73. The van der Waals surface area contributed by atoms with E-state index in [1.807, 2.05) is 16.7 Å². The number of benzene rings is 2. The van der Waals surface area contributed by atoms with Crippen molar-refractivity contribution in [1.82, 2.24) is 14.8 Å². The average Bonchev–Trinajstić information content (AvgIpc) is 3.31. The molecule has 34 heavy (non-hydrogen) atoms. The zero-order valence-corrected chi connectivity index (χ0v) is 19.8. The first-order valence-electron chi connectivity index (χ1n) is 12.6. The third-order valence-electron chi connectivity index (χ3n) is 7.35. The molecule has 2 aliphatic rings. The van der Waals surface area contributed by atoms with Crippen molar-refractivity contribution >= 4 is 16.8 Å². The number of pyridine rings is 1. The molecule has 1 aromatic heterocycles. The lowest BCUT2D eigenvalue weighted by molar-refractivity contribution is 0.100. The van der Waals surface area contributed by atoms with Gasteiger partial charge in [0.15, 0.2) is 0 Å². The molecular weight excluding hydrogens is 424 g/mol. The van der Waals surface area contributed by atoms with Gasteiger partial charge < -0.3 is 20.5 Å². The Labute approximate surface area is 200 Å². The highest BCUT2D eigenvalue weighted by atomic mass is 16.1. The van der Waals surface area contributed by atoms with Crippen molar-refractivity contribution in [1.29, 1.82) is 0 Å². The van der Waals surface area contributed by atoms with E-state index in [9.17, 15) is 9.59 Å². The fourth-order valence-corrected chi connectivity index (χ4v) is 5.41. The van der Waals surface area contributed by atoms with E-state index in [1.54, 1.807) is 12.1 Å². The van der Waals surface area contributed by atoms with Crippen LogP contribution in [0.15, 0.2) is 47.3 Å². The molecule has 1 amide bonds. The zero-order chi connectivity index (χ0) is 23.5. The van der Waals surface area contributed by atoms with Crippen molar-refractivity contribution in [2.75, 3.05) is 19.6 Å². The Morgan fingerprint density at radius 2 is 1.62 bits per heavy atom. The number of aryl methyl sites for hydroxylation is 2. The maximum absolute atomic E-state index is 13.6. The predicted octanol–water partition coefficient (Wildman–Crippen LogP) is 3.36. The second kappa shape index (κ2) is 10.1. The van der Waals surface area contributed by atoms with Gasteiger partial charge in [0, 0.05) is 37.3 Å². The smallest absolute Gasteiger partial charge is 0.255 e. The van der Waals surface area contributed by atoms with E-state index in [1.165, 1.54) is 42.2 Å². The minimum atomic E-state index is -0.424. The molecule has 2 aromatic carbocycles. The average molecular weight is 459 g/mol. The fourth-order valence-electron chi connectivity index (χ4n) is 5.41. The van der Waals surface area contributed by atoms with Gasteiger partial charge in [-0.25, -0.2) is 0 Å². The number of carbonyl (C=O) groups is 1. The molecule has 0 bridgehead atoms. The highest BCUT2D eigenvalue weighted by Crippen LogP contribution is 2.27. The van der Waals surface area contributed by atoms with Crippen LogP contribution < -0.4 is 16.6 Å². The van der Waals surface area contributed by atoms with Gasteiger partial charge in [-0.15, -0.1) is 0 Å². The van der Waals surface area contributed by atoms with E-state index in [0.29, 0.717) is 18.7 Å². The number of hydrogen-bond acceptors (Lipinski definition) is 4. The lowest BCUT2D eigenvalue weighted by Gasteiger charge is -2.27. The van der Waals surface area contributed by atoms with E-state index in [-0.39, 0.29) is 5.56 Å². The fraction of sp³-hybridized carbons (Fsp3) is 0.429. The van der Waals surface area contributed by atoms with Crippen LogP contribution in [-0.2, 0) is 32.5 Å². The highest BCUT2D eigenvalue weighted by molar-refractivity contribution is 5.92. The Hall–Kier alpha value is -2.96. The van der Waals surface area contributed by atoms with Crippen molar-refractivity contribution in [3.8, 4) is 0 Å². The van der Waals surface area contributed by atoms with Crippen LogP contribution in [0.25, 0.3) is 10.9 Å². The molecule has 0 saturated carbocycles. The van der Waals surface area contributed by atoms with Crippen molar-refractivity contribution in [2.24, 2.45) is 5.73 Å². The number of aromatic nitrogens is 1. The Bertz CT molecular complexity index is 1240. The number of nitrogens with zero attached hydrogens (tertiary/aromatic N) is 2. The number of nitrogens with two attached hydrogens (primary N) is 1. The number of hydrogen-bond donors (Lipinski definition) is 2. The summed E-state index contributed by atoms with van der Waals surface area (Å²) < 4.78 is 2.02. The largest absolute Gasteiger partial charge is 0.366 e. The van der Waals surface area contributed by atoms with Gasteiger partial charge >= 0.3 is 0 Å². The van der Waals surface area contributed by atoms with Gasteiger partial charge in [-0.3, -0.25) is 9.59 Å². The molecule has 3 N–H and O–H groups in total. The molecule has 1 aliphatic carbocycles. The van der Waals surface area contributed by atoms with Crippen molar-refractivity contribution in [2.45, 2.75) is 58.2 Å². The standard InChI is InChI=1S/C28H34N4O2/c29-27(33)21-9-7-20(8-10-21)18-30-19-25-16-24-15-22-5-4-6-23(22)17-26(24)32(28(25)34)14-13-31-11-2-1-3-12-31/h7-10,15-17,30H,1-6,11-14,18-19H2,(H2,29,33). The summed E-state index contributed by atoms with van der Waals surface area (Å²) in [4.78, 5) is 27.3. The normalized spacial score (nSPS) is 16.1. The van der Waals surface area contributed by atoms with Crippen LogP contribution in [0.4, 0.5) is 0 Å². The van der Waals surface area contributed by atoms with Crippen LogP contribution in [0, 0.1) is 0 Å². The van der Waals surface area contributed by atoms with Crippen LogP contribution in [0.5, 0.6) is 0 Å². The monoisotopic (exact) mass is 458 g/mol. The minimum Gasteiger partial charge on any atom is -0.366 e. The molecule has 3 aromatic rings. The zero-order valence-electron chi connectivity index (χ0n) is 19.8. The lowest BCUT2D eigenvalue weighted by Crippen LogP contribution is -2.36. The molecule has 0 radical (unpaired) electrons. The number of rotatable bonds is 8. The maximum Gasteiger partial charge on any atom is 0.255 e. The summed E-state index contributed by atoms with van der Waals surface area (Å²) in [5.74, 6) is -0.424. The summed E-state index contributed by atoms with van der Waals surface area (Å²) in [5, 5.41) is 4.59. The number of carbonyl (C=O) groups excluding carboxylic acids is 1. The summed E-state index contributed by atoms with van der Waals surface area (Å²) in [6.45, 7) is 5.06. The van der Waals surface area contributed by atoms with Gasteiger partial charge in [-0.2, -0.15) is 0 Å². The predicted molar refractivity (Wildman–Crippen MR) is 136 cm³/mol. The van der Waals surface area contributed by atoms with E-state index in [4.69, 9.17) is 5.73 Å². The summed E-state index contributed by atoms with van der Waals surface area (Å²) in [6.07, 6.45) is 7.28. The Morgan fingerprint density at radius 1 is 0.882 bits per heavy atom. The van der Waals surface area contributed by atoms with Gasteiger partial charge in [0.25, 0.3) is 5.56 Å². The van der Waals surface area contributed by atoms with Crippen molar-refractivity contribution < 1.29 is 4.79 Å². The van der Waals surface area contributed by atoms with Gasteiger partial charge in [0.1, 0.15) is 0 Å². The van der Waals surface area contributed by atoms with Crippen LogP contribution in [0.1, 0.15) is 58.3 Å². The molecule has 1 aliphatic heterocycles. The maximum atomic E-state index is 13.6. The van der Waals surface area contributed by atoms with Gasteiger partial charge in [-0.05, 0) is 97.6 Å². The van der Waals surface area contributed by atoms with Crippen LogP contribution in [-0.4, -0.2) is 35.0 Å². The first-order chi connectivity index (χ1) is 16.6. The molecule has 6 heteroatoms. The summed E-state index contributed by atoms with van der Waals surface area (Å²) >= 11 is 0. The second-order valence-electron chi connectivity index (χ2n) is 9.73. The van der Waals surface area contributed by atoms with E-state index >= 15 is 0 Å². The SMILES string of the molecule is NC(=O)c1ccc(CNCc2cc3cc4c(cc3n(CCN3CCCCC3)c2=O)CCC4)cc1. The summed E-state index contributed by atoms with van der Waals surface area (Å²) in [5.41, 5.74) is 11.7. The minimum absolute atomic E-state index is 0.110. The number of nitrogens with one attached hydrogen (secondary N) is 1. The number of amides is 1. The molecular formula is C28H34N4O2. The number of piperidine rings is 1. The van der Waals surface area contributed by atoms with E-state index in [0.717, 1.165) is 55.7 Å². The number of fused-ring (bicyclic) bond motifs is 2. The molecule has 0 unspecified atom stereocenters. The molecule has 5 rings (SSSR count). The molecule has 0 spiro atoms. The van der Waals surface area contributed by atoms with Crippen molar-refractivity contribution in [3.63, 3.8) is 0 Å². The third-order valence-corrected chi connectivity index (χ3v) is 7.35. The van der Waals surface area contributed by atoms with Crippen molar-refractivity contribution in [3.05, 3.63) is 80.6 Å². The first kappa shape index (κ1) is 22.8. The number of likely N-dealkylation sites (tertiary alicyclic amines) is 1. The van der Waals surface area contributed by atoms with Crippen LogP contribution in [0.3, 0.4) is 0 Å². The van der Waals surface area contributed by atoms with E-state index < -0.39 is 5.91 Å².